The highest BCUT2D eigenvalue weighted by molar-refractivity contribution is 6.24. The first-order chi connectivity index (χ1) is 15.9. The molecule has 0 radical (unpaired) electrons. The monoisotopic (exact) mass is 471 g/mol. The van der Waals surface area contributed by atoms with E-state index in [4.69, 9.17) is 10.5 Å². The molecule has 0 saturated heterocycles. The lowest BCUT2D eigenvalue weighted by atomic mass is 9.57. The van der Waals surface area contributed by atoms with Gasteiger partial charge < -0.3 is 30.7 Å². The first-order valence-corrected chi connectivity index (χ1v) is 10.9. The third-order valence-corrected chi connectivity index (χ3v) is 7.26. The normalized spacial score (nSPS) is 28.5. The summed E-state index contributed by atoms with van der Waals surface area (Å²) in [5.41, 5.74) is 3.83. The lowest BCUT2D eigenvalue weighted by Crippen LogP contribution is -2.65. The van der Waals surface area contributed by atoms with E-state index >= 15 is 0 Å². The fraction of sp³-hybridized carbons (Fsp3) is 0.458. The van der Waals surface area contributed by atoms with Crippen molar-refractivity contribution in [1.29, 1.82) is 0 Å². The lowest BCUT2D eigenvalue weighted by Gasteiger charge is -2.50. The first kappa shape index (κ1) is 23.8. The molecule has 0 spiro atoms. The number of hydrogen-bond acceptors (Lipinski definition) is 9. The maximum Gasteiger partial charge on any atom is 0.255 e. The number of likely N-dealkylation sites (N-methyl/N-ethyl adjacent to an activating group) is 1. The van der Waals surface area contributed by atoms with Gasteiger partial charge in [-0.1, -0.05) is 0 Å². The molecule has 0 aliphatic heterocycles. The van der Waals surface area contributed by atoms with Gasteiger partial charge in [0.1, 0.15) is 22.8 Å². The third-order valence-electron chi connectivity index (χ3n) is 7.26. The van der Waals surface area contributed by atoms with Crippen molar-refractivity contribution in [3.63, 3.8) is 0 Å². The number of amides is 1. The SMILES string of the molecule is COc1ccc(N(C)C)c2c1C(O)=C1C(=O)[C@]3(O)C(O)=C(C(N)=O)C(=O)[C@@H](N(C)C)C3CC1C2. The van der Waals surface area contributed by atoms with Gasteiger partial charge in [-0.15, -0.1) is 0 Å². The molecule has 10 nitrogen and oxygen atoms in total. The number of anilines is 1. The highest BCUT2D eigenvalue weighted by Crippen LogP contribution is 2.53. The van der Waals surface area contributed by atoms with Gasteiger partial charge in [-0.2, -0.15) is 0 Å². The Hall–Kier alpha value is -3.37. The number of methoxy groups -OCH3 is 1. The van der Waals surface area contributed by atoms with E-state index in [1.165, 1.54) is 12.0 Å². The highest BCUT2D eigenvalue weighted by Gasteiger charge is 2.64. The summed E-state index contributed by atoms with van der Waals surface area (Å²) in [4.78, 5) is 42.3. The van der Waals surface area contributed by atoms with Gasteiger partial charge in [-0.3, -0.25) is 19.3 Å². The summed E-state index contributed by atoms with van der Waals surface area (Å²) in [6.45, 7) is 0. The van der Waals surface area contributed by atoms with Crippen LogP contribution in [0.3, 0.4) is 0 Å². The number of aliphatic hydroxyl groups is 3. The summed E-state index contributed by atoms with van der Waals surface area (Å²) in [7, 11) is 8.34. The molecule has 4 atom stereocenters. The summed E-state index contributed by atoms with van der Waals surface area (Å²) in [5.74, 6) is -5.58. The summed E-state index contributed by atoms with van der Waals surface area (Å²) < 4.78 is 5.44. The molecule has 0 bridgehead atoms. The van der Waals surface area contributed by atoms with Crippen molar-refractivity contribution in [2.24, 2.45) is 17.6 Å². The topological polar surface area (TPSA) is 154 Å². The second-order valence-corrected chi connectivity index (χ2v) is 9.50. The Morgan fingerprint density at radius 3 is 2.35 bits per heavy atom. The van der Waals surface area contributed by atoms with Crippen molar-refractivity contribution in [3.05, 3.63) is 40.2 Å². The fourth-order valence-corrected chi connectivity index (χ4v) is 5.80. The van der Waals surface area contributed by atoms with Gasteiger partial charge in [0.25, 0.3) is 5.91 Å². The van der Waals surface area contributed by atoms with E-state index in [1.807, 2.05) is 25.1 Å². The molecule has 1 aromatic rings. The molecule has 0 heterocycles. The molecular weight excluding hydrogens is 442 g/mol. The quantitative estimate of drug-likeness (QED) is 0.455. The van der Waals surface area contributed by atoms with Crippen molar-refractivity contribution in [2.45, 2.75) is 24.5 Å². The Balaban J connectivity index is 2.00. The fourth-order valence-electron chi connectivity index (χ4n) is 5.80. The molecule has 4 rings (SSSR count). The number of benzene rings is 1. The molecule has 3 aliphatic rings. The minimum absolute atomic E-state index is 0.0670. The van der Waals surface area contributed by atoms with Gasteiger partial charge in [0.05, 0.1) is 18.7 Å². The van der Waals surface area contributed by atoms with Gasteiger partial charge in [0, 0.05) is 31.3 Å². The molecular formula is C24H29N3O7. The summed E-state index contributed by atoms with van der Waals surface area (Å²) >= 11 is 0. The Kier molecular flexibility index (Phi) is 5.49. The number of ketones is 2. The zero-order chi connectivity index (χ0) is 25.3. The van der Waals surface area contributed by atoms with E-state index in [-0.39, 0.29) is 17.8 Å². The molecule has 1 fully saturated rings. The molecule has 0 aromatic heterocycles. The standard InChI is InChI=1S/C24H29N3O7/c1-26(2)13-6-7-14(34-5)16-11(13)8-10-9-12-18(27(3)4)20(29)17(23(25)32)22(31)24(12,33)21(30)15(10)19(16)28/h6-7,10,12,18,28,31,33H,8-9H2,1-5H3,(H2,25,32)/t10?,12?,18-,24-/m0/s1. The van der Waals surface area contributed by atoms with Crippen LogP contribution in [0.5, 0.6) is 5.75 Å². The van der Waals surface area contributed by atoms with Crippen LogP contribution in [-0.2, 0) is 20.8 Å². The predicted octanol–water partition coefficient (Wildman–Crippen LogP) is 0.333. The van der Waals surface area contributed by atoms with Gasteiger partial charge in [0.15, 0.2) is 11.4 Å². The molecule has 1 aromatic carbocycles. The van der Waals surface area contributed by atoms with E-state index in [1.54, 1.807) is 20.2 Å². The van der Waals surface area contributed by atoms with E-state index in [0.717, 1.165) is 11.3 Å². The minimum Gasteiger partial charge on any atom is -0.508 e. The van der Waals surface area contributed by atoms with Gasteiger partial charge in [-0.05, 0) is 50.6 Å². The van der Waals surface area contributed by atoms with Crippen molar-refractivity contribution in [3.8, 4) is 5.75 Å². The summed E-state index contributed by atoms with van der Waals surface area (Å²) in [5, 5.41) is 33.8. The lowest BCUT2D eigenvalue weighted by molar-refractivity contribution is -0.153. The van der Waals surface area contributed by atoms with Gasteiger partial charge in [-0.25, -0.2) is 0 Å². The molecule has 34 heavy (non-hydrogen) atoms. The van der Waals surface area contributed by atoms with Crippen LogP contribution in [-0.4, -0.2) is 84.6 Å². The van der Waals surface area contributed by atoms with Crippen molar-refractivity contribution >= 4 is 28.9 Å². The number of ether oxygens (including phenoxy) is 1. The van der Waals surface area contributed by atoms with Crippen LogP contribution in [0.15, 0.2) is 29.0 Å². The Bertz CT molecular complexity index is 1180. The van der Waals surface area contributed by atoms with Crippen molar-refractivity contribution < 1.29 is 34.4 Å². The minimum atomic E-state index is -2.59. The summed E-state index contributed by atoms with van der Waals surface area (Å²) in [6, 6.07) is 2.47. The van der Waals surface area contributed by atoms with Gasteiger partial charge in [0.2, 0.25) is 5.78 Å². The smallest absolute Gasteiger partial charge is 0.255 e. The van der Waals surface area contributed by atoms with Gasteiger partial charge >= 0.3 is 0 Å². The zero-order valence-electron chi connectivity index (χ0n) is 19.7. The zero-order valence-corrected chi connectivity index (χ0v) is 19.7. The van der Waals surface area contributed by atoms with Crippen molar-refractivity contribution in [2.75, 3.05) is 40.2 Å². The molecule has 10 heteroatoms. The van der Waals surface area contributed by atoms with Crippen LogP contribution in [0.1, 0.15) is 17.5 Å². The molecule has 182 valence electrons. The Morgan fingerprint density at radius 1 is 1.18 bits per heavy atom. The number of primary amides is 1. The van der Waals surface area contributed by atoms with Crippen LogP contribution in [0, 0.1) is 11.8 Å². The number of nitrogens with two attached hydrogens (primary N) is 1. The molecule has 2 unspecified atom stereocenters. The largest absolute Gasteiger partial charge is 0.508 e. The molecule has 5 N–H and O–H groups in total. The van der Waals surface area contributed by atoms with Crippen molar-refractivity contribution in [1.82, 2.24) is 4.90 Å². The van der Waals surface area contributed by atoms with Crippen LogP contribution >= 0.6 is 0 Å². The maximum absolute atomic E-state index is 13.8. The summed E-state index contributed by atoms with van der Waals surface area (Å²) in [6.07, 6.45) is 0.453. The number of rotatable bonds is 4. The average Bonchev–Trinajstić information content (AvgIpc) is 2.74. The first-order valence-electron chi connectivity index (χ1n) is 10.9. The van der Waals surface area contributed by atoms with E-state index in [9.17, 15) is 29.7 Å². The average molecular weight is 472 g/mol. The van der Waals surface area contributed by atoms with E-state index in [0.29, 0.717) is 17.7 Å². The molecule has 3 aliphatic carbocycles. The third kappa shape index (κ3) is 2.98. The number of Topliss-reactive ketones (excluding diaryl/α,β-unsaturated/α-hetero) is 2. The van der Waals surface area contributed by atoms with Crippen LogP contribution < -0.4 is 15.4 Å². The predicted molar refractivity (Wildman–Crippen MR) is 123 cm³/mol. The highest BCUT2D eigenvalue weighted by atomic mass is 16.5. The number of hydrogen-bond donors (Lipinski definition) is 4. The van der Waals surface area contributed by atoms with Crippen LogP contribution in [0.2, 0.25) is 0 Å². The number of carbonyl (C=O) groups excluding carboxylic acids is 3. The van der Waals surface area contributed by atoms with Crippen LogP contribution in [0.4, 0.5) is 5.69 Å². The molecule has 1 amide bonds. The van der Waals surface area contributed by atoms with E-state index < -0.39 is 52.3 Å². The number of carbonyl (C=O) groups is 3. The Morgan fingerprint density at radius 2 is 1.82 bits per heavy atom. The molecule has 1 saturated carbocycles. The van der Waals surface area contributed by atoms with Crippen LogP contribution in [0.25, 0.3) is 5.76 Å². The van der Waals surface area contributed by atoms with E-state index in [2.05, 4.69) is 0 Å². The second-order valence-electron chi connectivity index (χ2n) is 9.50. The number of aliphatic hydroxyl groups excluding tert-OH is 2. The maximum atomic E-state index is 13.8. The number of fused-ring (bicyclic) bond motifs is 3. The Labute approximate surface area is 196 Å². The second kappa shape index (κ2) is 7.85. The number of nitrogens with zero attached hydrogens (tertiary/aromatic N) is 2.